The highest BCUT2D eigenvalue weighted by atomic mass is 79.9. The van der Waals surface area contributed by atoms with Crippen molar-refractivity contribution < 1.29 is 9.59 Å². The molecule has 0 amide bonds. The Morgan fingerprint density at radius 1 is 0.696 bits per heavy atom. The summed E-state index contributed by atoms with van der Waals surface area (Å²) < 4.78 is 1.86. The van der Waals surface area contributed by atoms with Crippen LogP contribution in [0.5, 0.6) is 0 Å². The highest BCUT2D eigenvalue weighted by Gasteiger charge is 2.01. The van der Waals surface area contributed by atoms with Gasteiger partial charge in [-0.2, -0.15) is 0 Å². The van der Waals surface area contributed by atoms with E-state index in [4.69, 9.17) is 0 Å². The second-order valence-corrected chi connectivity index (χ2v) is 7.13. The second-order valence-electron chi connectivity index (χ2n) is 4.48. The standard InChI is InChI=1S/C18H12Br2O2S/c19-15-5-1-13(2-6-15)17(21)9-11-23-12-10-18(22)14-3-7-16(20)8-4-14/h1-12H/b11-9+,12-10+. The lowest BCUT2D eigenvalue weighted by Crippen LogP contribution is -1.93. The second kappa shape index (κ2) is 9.01. The summed E-state index contributed by atoms with van der Waals surface area (Å²) in [4.78, 5) is 23.8. The summed E-state index contributed by atoms with van der Waals surface area (Å²) in [7, 11) is 0. The van der Waals surface area contributed by atoms with E-state index in [1.807, 2.05) is 24.3 Å². The van der Waals surface area contributed by atoms with E-state index in [0.29, 0.717) is 11.1 Å². The molecule has 0 aliphatic heterocycles. The molecule has 116 valence electrons. The van der Waals surface area contributed by atoms with Crippen LogP contribution in [0.2, 0.25) is 0 Å². The van der Waals surface area contributed by atoms with Crippen molar-refractivity contribution in [3.63, 3.8) is 0 Å². The molecule has 2 nitrogen and oxygen atoms in total. The lowest BCUT2D eigenvalue weighted by atomic mass is 10.1. The molecule has 0 aliphatic rings. The van der Waals surface area contributed by atoms with Gasteiger partial charge in [-0.05, 0) is 71.5 Å². The van der Waals surface area contributed by atoms with E-state index in [-0.39, 0.29) is 11.6 Å². The number of carbonyl (C=O) groups excluding carboxylic acids is 2. The summed E-state index contributed by atoms with van der Waals surface area (Å²) in [5, 5.41) is 3.32. The zero-order valence-corrected chi connectivity index (χ0v) is 15.9. The fraction of sp³-hybridized carbons (Fsp3) is 0. The average molecular weight is 452 g/mol. The van der Waals surface area contributed by atoms with Gasteiger partial charge in [0.05, 0.1) is 0 Å². The molecule has 0 aliphatic carbocycles. The number of halogens is 2. The molecule has 0 spiro atoms. The lowest BCUT2D eigenvalue weighted by molar-refractivity contribution is 0.103. The van der Waals surface area contributed by atoms with Crippen LogP contribution in [0, 0.1) is 0 Å². The number of thioether (sulfide) groups is 1. The number of carbonyl (C=O) groups is 2. The van der Waals surface area contributed by atoms with Gasteiger partial charge in [-0.1, -0.05) is 31.9 Å². The molecule has 5 heteroatoms. The molecule has 0 heterocycles. The first-order valence-corrected chi connectivity index (χ1v) is 9.17. The molecule has 2 aromatic carbocycles. The van der Waals surface area contributed by atoms with Crippen LogP contribution in [0.15, 0.2) is 80.4 Å². The van der Waals surface area contributed by atoms with E-state index in [1.54, 1.807) is 35.1 Å². The number of allylic oxidation sites excluding steroid dienone is 2. The van der Waals surface area contributed by atoms with Crippen LogP contribution in [-0.2, 0) is 0 Å². The number of hydrogen-bond donors (Lipinski definition) is 0. The third-order valence-electron chi connectivity index (χ3n) is 2.85. The summed E-state index contributed by atoms with van der Waals surface area (Å²) in [5.41, 5.74) is 1.25. The van der Waals surface area contributed by atoms with Gasteiger partial charge in [0.15, 0.2) is 11.6 Å². The monoisotopic (exact) mass is 450 g/mol. The van der Waals surface area contributed by atoms with Crippen LogP contribution in [0.4, 0.5) is 0 Å². The number of hydrogen-bond acceptors (Lipinski definition) is 3. The Hall–Kier alpha value is -1.43. The molecule has 0 fully saturated rings. The predicted octanol–water partition coefficient (Wildman–Crippen LogP) is 6.04. The van der Waals surface area contributed by atoms with Gasteiger partial charge in [0.1, 0.15) is 0 Å². The van der Waals surface area contributed by atoms with E-state index >= 15 is 0 Å². The average Bonchev–Trinajstić information content (AvgIpc) is 2.55. The van der Waals surface area contributed by atoms with E-state index in [9.17, 15) is 9.59 Å². The largest absolute Gasteiger partial charge is 0.289 e. The van der Waals surface area contributed by atoms with Gasteiger partial charge in [0.2, 0.25) is 0 Å². The van der Waals surface area contributed by atoms with E-state index < -0.39 is 0 Å². The molecule has 0 saturated carbocycles. The SMILES string of the molecule is O=C(/C=C/S/C=C/C(=O)c1ccc(Br)cc1)c1ccc(Br)cc1. The van der Waals surface area contributed by atoms with E-state index in [1.165, 1.54) is 23.9 Å². The van der Waals surface area contributed by atoms with Crippen LogP contribution in [0.25, 0.3) is 0 Å². The maximum atomic E-state index is 11.9. The van der Waals surface area contributed by atoms with Gasteiger partial charge in [-0.3, -0.25) is 9.59 Å². The minimum atomic E-state index is -0.0716. The fourth-order valence-corrected chi connectivity index (χ4v) is 2.69. The lowest BCUT2D eigenvalue weighted by Gasteiger charge is -1.96. The zero-order valence-electron chi connectivity index (χ0n) is 11.9. The molecular weight excluding hydrogens is 440 g/mol. The summed E-state index contributed by atoms with van der Waals surface area (Å²) in [6.45, 7) is 0. The third kappa shape index (κ3) is 5.94. The van der Waals surface area contributed by atoms with Crippen molar-refractivity contribution in [1.29, 1.82) is 0 Å². The summed E-state index contributed by atoms with van der Waals surface area (Å²) in [6.07, 6.45) is 2.98. The van der Waals surface area contributed by atoms with Crippen molar-refractivity contribution in [3.05, 3.63) is 91.6 Å². The number of ketones is 2. The molecule has 0 atom stereocenters. The predicted molar refractivity (Wildman–Crippen MR) is 103 cm³/mol. The molecule has 0 aromatic heterocycles. The van der Waals surface area contributed by atoms with Crippen molar-refractivity contribution in [2.75, 3.05) is 0 Å². The summed E-state index contributed by atoms with van der Waals surface area (Å²) >= 11 is 7.94. The molecule has 0 saturated heterocycles. The normalized spacial score (nSPS) is 11.2. The minimum Gasteiger partial charge on any atom is -0.289 e. The molecule has 23 heavy (non-hydrogen) atoms. The van der Waals surface area contributed by atoms with Crippen LogP contribution < -0.4 is 0 Å². The highest BCUT2D eigenvalue weighted by Crippen LogP contribution is 2.14. The Morgan fingerprint density at radius 2 is 1.04 bits per heavy atom. The number of rotatable bonds is 6. The third-order valence-corrected chi connectivity index (χ3v) is 4.50. The van der Waals surface area contributed by atoms with Crippen molar-refractivity contribution in [2.24, 2.45) is 0 Å². The Kier molecular flexibility index (Phi) is 7.02. The first-order valence-electron chi connectivity index (χ1n) is 6.64. The maximum absolute atomic E-state index is 11.9. The van der Waals surface area contributed by atoms with Gasteiger partial charge < -0.3 is 0 Å². The smallest absolute Gasteiger partial charge is 0.186 e. The molecule has 0 unspecified atom stereocenters. The maximum Gasteiger partial charge on any atom is 0.186 e. The molecule has 0 radical (unpaired) electrons. The quantitative estimate of drug-likeness (QED) is 0.396. The van der Waals surface area contributed by atoms with E-state index in [2.05, 4.69) is 31.9 Å². The van der Waals surface area contributed by atoms with Gasteiger partial charge in [0, 0.05) is 20.1 Å². The molecule has 2 rings (SSSR count). The van der Waals surface area contributed by atoms with Crippen LogP contribution in [-0.4, -0.2) is 11.6 Å². The van der Waals surface area contributed by atoms with E-state index in [0.717, 1.165) is 8.95 Å². The topological polar surface area (TPSA) is 34.1 Å². The first kappa shape index (κ1) is 17.9. The van der Waals surface area contributed by atoms with Crippen molar-refractivity contribution in [2.45, 2.75) is 0 Å². The Balaban J connectivity index is 1.86. The Bertz CT molecular complexity index is 682. The minimum absolute atomic E-state index is 0.0716. The molecule has 0 bridgehead atoms. The summed E-state index contributed by atoms with van der Waals surface area (Å²) in [6, 6.07) is 14.3. The Labute approximate surface area is 155 Å². The van der Waals surface area contributed by atoms with Gasteiger partial charge in [-0.15, -0.1) is 11.8 Å². The number of benzene rings is 2. The van der Waals surface area contributed by atoms with Gasteiger partial charge in [-0.25, -0.2) is 0 Å². The highest BCUT2D eigenvalue weighted by molar-refractivity contribution is 9.10. The van der Waals surface area contributed by atoms with Crippen LogP contribution in [0.3, 0.4) is 0 Å². The van der Waals surface area contributed by atoms with Crippen molar-refractivity contribution >= 4 is 55.2 Å². The van der Waals surface area contributed by atoms with Crippen LogP contribution in [0.1, 0.15) is 20.7 Å². The Morgan fingerprint density at radius 3 is 1.39 bits per heavy atom. The van der Waals surface area contributed by atoms with Crippen molar-refractivity contribution in [3.8, 4) is 0 Å². The summed E-state index contributed by atoms with van der Waals surface area (Å²) in [5.74, 6) is -0.143. The fourth-order valence-electron chi connectivity index (χ4n) is 1.67. The van der Waals surface area contributed by atoms with Gasteiger partial charge in [0.25, 0.3) is 0 Å². The zero-order chi connectivity index (χ0) is 16.7. The molecule has 0 N–H and O–H groups in total. The molecule has 2 aromatic rings. The van der Waals surface area contributed by atoms with Crippen LogP contribution >= 0.6 is 43.6 Å². The first-order chi connectivity index (χ1) is 11.1. The molecular formula is C18H12Br2O2S. The van der Waals surface area contributed by atoms with Crippen molar-refractivity contribution in [1.82, 2.24) is 0 Å². The van der Waals surface area contributed by atoms with Gasteiger partial charge >= 0.3 is 0 Å².